The van der Waals surface area contributed by atoms with Gasteiger partial charge in [-0.15, -0.1) is 12.4 Å². The maximum Gasteiger partial charge on any atom is 0.261 e. The van der Waals surface area contributed by atoms with Crippen LogP contribution < -0.4 is 15.4 Å². The fourth-order valence-corrected chi connectivity index (χ4v) is 4.25. The van der Waals surface area contributed by atoms with Crippen molar-refractivity contribution >= 4 is 34.0 Å². The minimum atomic E-state index is -3.78. The molecule has 0 spiro atoms. The molecule has 6 nitrogen and oxygen atoms in total. The molecule has 8 heteroatoms. The van der Waals surface area contributed by atoms with Crippen LogP contribution in [-0.4, -0.2) is 33.5 Å². The van der Waals surface area contributed by atoms with E-state index in [0.717, 1.165) is 30.5 Å². The minimum Gasteiger partial charge on any atom is -0.350 e. The van der Waals surface area contributed by atoms with E-state index in [1.165, 1.54) is 12.1 Å². The Morgan fingerprint density at radius 1 is 1.18 bits per heavy atom. The SMILES string of the molecule is Cc1cccc(NS(=O)(=O)c2ccc(C)c(C(=O)NCC3CCCN3)c2)c1.Cl. The van der Waals surface area contributed by atoms with Crippen molar-refractivity contribution in [2.24, 2.45) is 0 Å². The normalized spacial score (nSPS) is 16.3. The topological polar surface area (TPSA) is 87.3 Å². The van der Waals surface area contributed by atoms with E-state index in [1.807, 2.05) is 13.0 Å². The molecule has 2 aromatic carbocycles. The third-order valence-corrected chi connectivity index (χ3v) is 6.08. The van der Waals surface area contributed by atoms with Gasteiger partial charge in [-0.1, -0.05) is 18.2 Å². The molecule has 3 N–H and O–H groups in total. The van der Waals surface area contributed by atoms with Crippen LogP contribution in [0.2, 0.25) is 0 Å². The van der Waals surface area contributed by atoms with E-state index in [2.05, 4.69) is 15.4 Å². The molecule has 152 valence electrons. The number of halogens is 1. The molecule has 0 saturated carbocycles. The average molecular weight is 424 g/mol. The van der Waals surface area contributed by atoms with Gasteiger partial charge in [-0.2, -0.15) is 0 Å². The van der Waals surface area contributed by atoms with Gasteiger partial charge in [0.15, 0.2) is 0 Å². The maximum atomic E-state index is 12.7. The number of amides is 1. The molecule has 0 bridgehead atoms. The van der Waals surface area contributed by atoms with Crippen molar-refractivity contribution in [2.75, 3.05) is 17.8 Å². The molecule has 1 heterocycles. The molecule has 1 fully saturated rings. The Balaban J connectivity index is 0.00000280. The molecular weight excluding hydrogens is 398 g/mol. The Morgan fingerprint density at radius 3 is 2.64 bits per heavy atom. The van der Waals surface area contributed by atoms with Crippen LogP contribution in [0.5, 0.6) is 0 Å². The third-order valence-electron chi connectivity index (χ3n) is 4.71. The van der Waals surface area contributed by atoms with Crippen LogP contribution in [0, 0.1) is 13.8 Å². The Hall–Kier alpha value is -2.09. The minimum absolute atomic E-state index is 0. The van der Waals surface area contributed by atoms with Crippen LogP contribution in [0.4, 0.5) is 5.69 Å². The number of benzene rings is 2. The van der Waals surface area contributed by atoms with Gasteiger partial charge in [-0.05, 0) is 68.6 Å². The van der Waals surface area contributed by atoms with E-state index in [1.54, 1.807) is 31.2 Å². The van der Waals surface area contributed by atoms with Gasteiger partial charge in [-0.25, -0.2) is 8.42 Å². The summed E-state index contributed by atoms with van der Waals surface area (Å²) in [7, 11) is -3.78. The van der Waals surface area contributed by atoms with E-state index in [-0.39, 0.29) is 29.3 Å². The van der Waals surface area contributed by atoms with Crippen LogP contribution in [0.25, 0.3) is 0 Å². The molecule has 28 heavy (non-hydrogen) atoms. The van der Waals surface area contributed by atoms with Crippen molar-refractivity contribution in [2.45, 2.75) is 37.6 Å². The van der Waals surface area contributed by atoms with Crippen LogP contribution in [-0.2, 0) is 10.0 Å². The lowest BCUT2D eigenvalue weighted by molar-refractivity contribution is 0.0949. The molecule has 0 aromatic heterocycles. The van der Waals surface area contributed by atoms with Crippen molar-refractivity contribution in [1.29, 1.82) is 0 Å². The van der Waals surface area contributed by atoms with Gasteiger partial charge < -0.3 is 10.6 Å². The van der Waals surface area contributed by atoms with Crippen molar-refractivity contribution in [1.82, 2.24) is 10.6 Å². The largest absolute Gasteiger partial charge is 0.350 e. The molecule has 1 saturated heterocycles. The third kappa shape index (κ3) is 5.47. The zero-order valence-electron chi connectivity index (χ0n) is 16.0. The molecule has 2 aromatic rings. The smallest absolute Gasteiger partial charge is 0.261 e. The Labute approximate surface area is 172 Å². The molecule has 0 aliphatic carbocycles. The fourth-order valence-electron chi connectivity index (χ4n) is 3.18. The predicted octanol–water partition coefficient (Wildman–Crippen LogP) is 3.01. The summed E-state index contributed by atoms with van der Waals surface area (Å²) in [5.74, 6) is -0.256. The van der Waals surface area contributed by atoms with Crippen molar-refractivity contribution in [3.8, 4) is 0 Å². The number of carbonyl (C=O) groups is 1. The average Bonchev–Trinajstić information content (AvgIpc) is 3.13. The molecule has 1 atom stereocenters. The number of carbonyl (C=O) groups excluding carboxylic acids is 1. The van der Waals surface area contributed by atoms with Crippen LogP contribution in [0.15, 0.2) is 47.4 Å². The lowest BCUT2D eigenvalue weighted by Crippen LogP contribution is -2.37. The van der Waals surface area contributed by atoms with Crippen LogP contribution in [0.3, 0.4) is 0 Å². The van der Waals surface area contributed by atoms with Gasteiger partial charge in [0.2, 0.25) is 0 Å². The lowest BCUT2D eigenvalue weighted by Gasteiger charge is -2.14. The Bertz CT molecular complexity index is 941. The van der Waals surface area contributed by atoms with E-state index in [4.69, 9.17) is 0 Å². The van der Waals surface area contributed by atoms with Crippen molar-refractivity contribution in [3.05, 3.63) is 59.2 Å². The van der Waals surface area contributed by atoms with E-state index in [0.29, 0.717) is 17.8 Å². The zero-order valence-corrected chi connectivity index (χ0v) is 17.6. The molecule has 1 unspecified atom stereocenters. The molecule has 1 aliphatic heterocycles. The van der Waals surface area contributed by atoms with Gasteiger partial charge in [0.1, 0.15) is 0 Å². The van der Waals surface area contributed by atoms with Gasteiger partial charge >= 0.3 is 0 Å². The number of anilines is 1. The highest BCUT2D eigenvalue weighted by atomic mass is 35.5. The Morgan fingerprint density at radius 2 is 1.96 bits per heavy atom. The lowest BCUT2D eigenvalue weighted by atomic mass is 10.1. The standard InChI is InChI=1S/C20H25N3O3S.ClH/c1-14-5-3-6-16(11-14)23-27(25,26)18-9-8-15(2)19(12-18)20(24)22-13-17-7-4-10-21-17;/h3,5-6,8-9,11-12,17,21,23H,4,7,10,13H2,1-2H3,(H,22,24);1H. The van der Waals surface area contributed by atoms with E-state index >= 15 is 0 Å². The second-order valence-corrected chi connectivity index (χ2v) is 8.64. The number of hydrogen-bond donors (Lipinski definition) is 3. The number of rotatable bonds is 6. The number of hydrogen-bond acceptors (Lipinski definition) is 4. The number of sulfonamides is 1. The number of nitrogens with one attached hydrogen (secondary N) is 3. The summed E-state index contributed by atoms with van der Waals surface area (Å²) < 4.78 is 28.0. The number of aryl methyl sites for hydroxylation is 2. The first-order valence-electron chi connectivity index (χ1n) is 9.07. The molecule has 1 aliphatic rings. The second-order valence-electron chi connectivity index (χ2n) is 6.96. The summed E-state index contributed by atoms with van der Waals surface area (Å²) in [4.78, 5) is 12.6. The highest BCUT2D eigenvalue weighted by molar-refractivity contribution is 7.92. The summed E-state index contributed by atoms with van der Waals surface area (Å²) in [6.07, 6.45) is 2.14. The van der Waals surface area contributed by atoms with Crippen LogP contribution >= 0.6 is 12.4 Å². The van der Waals surface area contributed by atoms with Gasteiger partial charge in [0.25, 0.3) is 15.9 Å². The van der Waals surface area contributed by atoms with E-state index < -0.39 is 10.0 Å². The molecule has 0 radical (unpaired) electrons. The zero-order chi connectivity index (χ0) is 19.4. The maximum absolute atomic E-state index is 12.7. The first-order valence-corrected chi connectivity index (χ1v) is 10.6. The van der Waals surface area contributed by atoms with Gasteiger partial charge in [-0.3, -0.25) is 9.52 Å². The van der Waals surface area contributed by atoms with Gasteiger partial charge in [0, 0.05) is 23.8 Å². The quantitative estimate of drug-likeness (QED) is 0.666. The summed E-state index contributed by atoms with van der Waals surface area (Å²) in [6.45, 7) is 5.20. The molecule has 3 rings (SSSR count). The summed E-state index contributed by atoms with van der Waals surface area (Å²) in [5, 5.41) is 6.23. The first kappa shape index (κ1) is 22.2. The van der Waals surface area contributed by atoms with E-state index in [9.17, 15) is 13.2 Å². The summed E-state index contributed by atoms with van der Waals surface area (Å²) in [6, 6.07) is 12.0. The second kappa shape index (κ2) is 9.41. The van der Waals surface area contributed by atoms with Crippen molar-refractivity contribution in [3.63, 3.8) is 0 Å². The monoisotopic (exact) mass is 423 g/mol. The predicted molar refractivity (Wildman–Crippen MR) is 114 cm³/mol. The summed E-state index contributed by atoms with van der Waals surface area (Å²) in [5.41, 5.74) is 2.56. The van der Waals surface area contributed by atoms with Crippen LogP contribution in [0.1, 0.15) is 34.3 Å². The highest BCUT2D eigenvalue weighted by Crippen LogP contribution is 2.20. The Kier molecular flexibility index (Phi) is 7.46. The first-order chi connectivity index (χ1) is 12.8. The molecular formula is C20H26ClN3O3S. The summed E-state index contributed by atoms with van der Waals surface area (Å²) >= 11 is 0. The highest BCUT2D eigenvalue weighted by Gasteiger charge is 2.20. The van der Waals surface area contributed by atoms with Crippen molar-refractivity contribution < 1.29 is 13.2 Å². The fraction of sp³-hybridized carbons (Fsp3) is 0.350. The van der Waals surface area contributed by atoms with Gasteiger partial charge in [0.05, 0.1) is 4.90 Å². The molecule has 1 amide bonds.